The van der Waals surface area contributed by atoms with Gasteiger partial charge in [0.15, 0.2) is 0 Å². The lowest BCUT2D eigenvalue weighted by molar-refractivity contribution is -0.151. The van der Waals surface area contributed by atoms with Gasteiger partial charge < -0.3 is 4.74 Å². The zero-order valence-electron chi connectivity index (χ0n) is 24.5. The number of carbonyl (C=O) groups excluding carboxylic acids is 1. The lowest BCUT2D eigenvalue weighted by Crippen LogP contribution is -2.49. The minimum atomic E-state index is 0.0282. The first-order valence-corrected chi connectivity index (χ1v) is 16.8. The number of ether oxygens (including phenoxy) is 1. The van der Waals surface area contributed by atoms with Crippen molar-refractivity contribution in [2.24, 2.45) is 28.6 Å². The van der Waals surface area contributed by atoms with Gasteiger partial charge in [-0.15, -0.1) is 0 Å². The molecule has 2 fully saturated rings. The molecule has 2 unspecified atom stereocenters. The van der Waals surface area contributed by atoms with Gasteiger partial charge >= 0.3 is 5.97 Å². The van der Waals surface area contributed by atoms with E-state index in [9.17, 15) is 4.79 Å². The second kappa shape index (κ2) is 13.0. The van der Waals surface area contributed by atoms with E-state index < -0.39 is 0 Å². The van der Waals surface area contributed by atoms with Crippen LogP contribution in [0.4, 0.5) is 0 Å². The maximum absolute atomic E-state index is 12.7. The van der Waals surface area contributed by atoms with Crippen LogP contribution < -0.4 is 0 Å². The van der Waals surface area contributed by atoms with E-state index in [0.717, 1.165) is 56.1 Å². The second-order valence-corrected chi connectivity index (χ2v) is 13.6. The average Bonchev–Trinajstić information content (AvgIpc) is 3.28. The van der Waals surface area contributed by atoms with Crippen molar-refractivity contribution in [3.05, 3.63) is 47.8 Å². The van der Waals surface area contributed by atoms with Crippen LogP contribution in [0, 0.1) is 28.6 Å². The molecule has 1 heterocycles. The van der Waals surface area contributed by atoms with Crippen LogP contribution in [0.25, 0.3) is 5.57 Å². The highest BCUT2D eigenvalue weighted by Gasteiger charge is 2.57. The molecule has 3 nitrogen and oxygen atoms in total. The van der Waals surface area contributed by atoms with Crippen LogP contribution >= 0.6 is 12.6 Å². The third kappa shape index (κ3) is 5.92. The number of hydrogen-bond acceptors (Lipinski definition) is 4. The number of carbonyl (C=O) groups is 1. The number of pyridine rings is 1. The van der Waals surface area contributed by atoms with Crippen LogP contribution in [0.3, 0.4) is 0 Å². The molecule has 0 spiro atoms. The Balaban J connectivity index is 1.19. The molecule has 0 radical (unpaired) electrons. The number of unbranched alkanes of at least 4 members (excludes halogenated alkanes) is 6. The molecule has 1 aromatic heterocycles. The van der Waals surface area contributed by atoms with Crippen molar-refractivity contribution in [3.8, 4) is 0 Å². The Labute approximate surface area is 243 Å². The number of allylic oxidation sites excluding steroid dienone is 3. The number of thiol groups is 1. The molecule has 4 aliphatic rings. The number of fused-ring (bicyclic) bond motifs is 5. The van der Waals surface area contributed by atoms with Gasteiger partial charge in [-0.2, -0.15) is 12.6 Å². The van der Waals surface area contributed by atoms with Crippen molar-refractivity contribution in [2.45, 2.75) is 123 Å². The fourth-order valence-corrected chi connectivity index (χ4v) is 9.61. The van der Waals surface area contributed by atoms with E-state index in [1.54, 1.807) is 5.57 Å². The van der Waals surface area contributed by atoms with Gasteiger partial charge in [0.25, 0.3) is 0 Å². The number of nitrogens with zero attached hydrogens (tertiary/aromatic N) is 1. The second-order valence-electron chi connectivity index (χ2n) is 13.3. The van der Waals surface area contributed by atoms with Crippen LogP contribution in [0.15, 0.2) is 42.3 Å². The Kier molecular flexibility index (Phi) is 9.62. The van der Waals surface area contributed by atoms with Crippen LogP contribution in [-0.2, 0) is 9.53 Å². The molecule has 0 bridgehead atoms. The third-order valence-electron chi connectivity index (χ3n) is 11.2. The van der Waals surface area contributed by atoms with Gasteiger partial charge in [-0.25, -0.2) is 0 Å². The quantitative estimate of drug-likeness (QED) is 0.129. The molecular formula is C35H51NO2S. The summed E-state index contributed by atoms with van der Waals surface area (Å²) in [5.74, 6) is 3.07. The largest absolute Gasteiger partial charge is 0.462 e. The minimum Gasteiger partial charge on any atom is -0.462 e. The Morgan fingerprint density at radius 3 is 2.64 bits per heavy atom. The topological polar surface area (TPSA) is 39.2 Å². The molecule has 0 aromatic carbocycles. The van der Waals surface area contributed by atoms with Gasteiger partial charge in [0.1, 0.15) is 6.10 Å². The standard InChI is InChI=1S/C35H51NO2S/c1-3-4-5-6-7-8-9-15-33(37)38-28-18-20-34(2)27(23-28)13-10-14-29-31(34)19-21-35(25-39)30(16-17-32(29)35)26-12-11-22-36-24-26/h11-13,16,22,24,28-29,31-32,39H,3-10,14-15,17-21,23,25H2,1-2H3/t28-,29+,31?,32?,34-,35-/m0/s1. The molecular weight excluding hydrogens is 498 g/mol. The summed E-state index contributed by atoms with van der Waals surface area (Å²) in [6.45, 7) is 4.81. The Morgan fingerprint density at radius 1 is 1.05 bits per heavy atom. The first-order chi connectivity index (χ1) is 19.0. The van der Waals surface area contributed by atoms with Gasteiger partial charge in [-0.3, -0.25) is 9.78 Å². The zero-order chi connectivity index (χ0) is 27.3. The van der Waals surface area contributed by atoms with E-state index in [2.05, 4.69) is 49.3 Å². The van der Waals surface area contributed by atoms with Crippen LogP contribution in [0.2, 0.25) is 0 Å². The molecule has 4 aliphatic carbocycles. The lowest BCUT2D eigenvalue weighted by Gasteiger charge is -2.55. The summed E-state index contributed by atoms with van der Waals surface area (Å²) in [4.78, 5) is 17.1. The zero-order valence-corrected chi connectivity index (χ0v) is 25.4. The Hall–Kier alpha value is -1.55. The van der Waals surface area contributed by atoms with E-state index >= 15 is 0 Å². The predicted molar refractivity (Wildman–Crippen MR) is 165 cm³/mol. The molecule has 214 valence electrons. The van der Waals surface area contributed by atoms with Crippen LogP contribution in [0.5, 0.6) is 0 Å². The minimum absolute atomic E-state index is 0.0282. The Bertz CT molecular complexity index is 1030. The molecule has 0 amide bonds. The molecule has 1 aromatic rings. The van der Waals surface area contributed by atoms with E-state index in [-0.39, 0.29) is 22.9 Å². The summed E-state index contributed by atoms with van der Waals surface area (Å²) in [5.41, 5.74) is 4.81. The van der Waals surface area contributed by atoms with E-state index in [4.69, 9.17) is 17.4 Å². The van der Waals surface area contributed by atoms with E-state index in [1.165, 1.54) is 68.9 Å². The average molecular weight is 550 g/mol. The van der Waals surface area contributed by atoms with E-state index in [1.807, 2.05) is 6.20 Å². The van der Waals surface area contributed by atoms with Crippen molar-refractivity contribution in [3.63, 3.8) is 0 Å². The highest BCUT2D eigenvalue weighted by atomic mass is 32.1. The molecule has 4 heteroatoms. The van der Waals surface area contributed by atoms with Crippen molar-refractivity contribution < 1.29 is 9.53 Å². The monoisotopic (exact) mass is 549 g/mol. The molecule has 0 aliphatic heterocycles. The summed E-state index contributed by atoms with van der Waals surface area (Å²) in [6, 6.07) is 4.31. The summed E-state index contributed by atoms with van der Waals surface area (Å²) in [5, 5.41) is 0. The fourth-order valence-electron chi connectivity index (χ4n) is 9.05. The van der Waals surface area contributed by atoms with Gasteiger partial charge in [-0.05, 0) is 91.7 Å². The first-order valence-electron chi connectivity index (χ1n) is 16.1. The molecule has 0 saturated heterocycles. The van der Waals surface area contributed by atoms with Crippen molar-refractivity contribution in [2.75, 3.05) is 5.75 Å². The SMILES string of the molecule is CCCCCCCCCC(=O)O[C@H]1CC[C@@]2(C)C(=CCC[C@H]3C4CC=C(c5cccnc5)[C@@]4(CS)CCC32)C1. The first kappa shape index (κ1) is 29.0. The highest BCUT2D eigenvalue weighted by Crippen LogP contribution is 2.66. The van der Waals surface area contributed by atoms with Crippen molar-refractivity contribution >= 4 is 24.2 Å². The van der Waals surface area contributed by atoms with Gasteiger partial charge in [0.05, 0.1) is 0 Å². The maximum atomic E-state index is 12.7. The van der Waals surface area contributed by atoms with Gasteiger partial charge in [0.2, 0.25) is 0 Å². The van der Waals surface area contributed by atoms with Gasteiger partial charge in [0, 0.05) is 36.4 Å². The van der Waals surface area contributed by atoms with Gasteiger partial charge in [-0.1, -0.05) is 76.2 Å². The molecule has 0 N–H and O–H groups in total. The van der Waals surface area contributed by atoms with Crippen molar-refractivity contribution in [1.29, 1.82) is 0 Å². The summed E-state index contributed by atoms with van der Waals surface area (Å²) in [7, 11) is 0. The number of esters is 1. The summed E-state index contributed by atoms with van der Waals surface area (Å²) >= 11 is 5.00. The molecule has 39 heavy (non-hydrogen) atoms. The summed E-state index contributed by atoms with van der Waals surface area (Å²) < 4.78 is 6.07. The fraction of sp³-hybridized carbons (Fsp3) is 0.714. The number of hydrogen-bond donors (Lipinski definition) is 1. The Morgan fingerprint density at radius 2 is 1.87 bits per heavy atom. The van der Waals surface area contributed by atoms with Crippen molar-refractivity contribution in [1.82, 2.24) is 4.98 Å². The lowest BCUT2D eigenvalue weighted by atomic mass is 9.50. The number of aromatic nitrogens is 1. The smallest absolute Gasteiger partial charge is 0.306 e. The maximum Gasteiger partial charge on any atom is 0.306 e. The van der Waals surface area contributed by atoms with Crippen LogP contribution in [0.1, 0.15) is 122 Å². The molecule has 2 saturated carbocycles. The van der Waals surface area contributed by atoms with Crippen LogP contribution in [-0.4, -0.2) is 22.8 Å². The van der Waals surface area contributed by atoms with E-state index in [0.29, 0.717) is 12.3 Å². The summed E-state index contributed by atoms with van der Waals surface area (Å²) in [6.07, 6.45) is 27.5. The predicted octanol–water partition coefficient (Wildman–Crippen LogP) is 9.39. The highest BCUT2D eigenvalue weighted by molar-refractivity contribution is 7.80. The normalized spacial score (nSPS) is 33.7. The number of rotatable bonds is 11. The molecule has 5 rings (SSSR count). The molecule has 6 atom stereocenters. The third-order valence-corrected chi connectivity index (χ3v) is 11.7.